The smallest absolute Gasteiger partial charge is 0.235 e. The molecule has 0 heterocycles. The van der Waals surface area contributed by atoms with Crippen molar-refractivity contribution >= 4 is 15.7 Å². The topological polar surface area (TPSA) is 95.5 Å². The number of carbonyl (C=O) groups excluding carboxylic acids is 1. The molecule has 1 atom stereocenters. The molecule has 0 aliphatic rings. The molecule has 0 radical (unpaired) electrons. The van der Waals surface area contributed by atoms with Crippen LogP contribution in [0.25, 0.3) is 0 Å². The average molecular weight is 280 g/mol. The number of carbonyl (C=O) groups is 1. The van der Waals surface area contributed by atoms with Crippen LogP contribution in [0.4, 0.5) is 0 Å². The zero-order chi connectivity index (χ0) is 14.2. The van der Waals surface area contributed by atoms with E-state index in [0.717, 1.165) is 6.42 Å². The number of rotatable bonds is 9. The van der Waals surface area contributed by atoms with Crippen LogP contribution in [0.2, 0.25) is 0 Å². The molecule has 0 saturated heterocycles. The molecule has 3 N–H and O–H groups in total. The summed E-state index contributed by atoms with van der Waals surface area (Å²) in [5.41, 5.74) is 0. The molecule has 0 bridgehead atoms. The molecule has 7 heteroatoms. The Labute approximate surface area is 109 Å². The maximum atomic E-state index is 11.6. The number of nitrogens with one attached hydrogen (secondary N) is 2. The molecule has 18 heavy (non-hydrogen) atoms. The van der Waals surface area contributed by atoms with E-state index in [1.165, 1.54) is 0 Å². The second-order valence-electron chi connectivity index (χ2n) is 4.62. The first-order valence-electron chi connectivity index (χ1n) is 6.15. The molecular formula is C11H24N2O4S. The van der Waals surface area contributed by atoms with Crippen LogP contribution in [0.15, 0.2) is 0 Å². The van der Waals surface area contributed by atoms with Gasteiger partial charge in [0.05, 0.1) is 11.9 Å². The lowest BCUT2D eigenvalue weighted by atomic mass is 10.3. The SMILES string of the molecule is CCCNC(=O)CS(=O)(=O)CC(O)CNC(C)C. The quantitative estimate of drug-likeness (QED) is 0.518. The monoisotopic (exact) mass is 280 g/mol. The van der Waals surface area contributed by atoms with Gasteiger partial charge in [0.15, 0.2) is 9.84 Å². The lowest BCUT2D eigenvalue weighted by molar-refractivity contribution is -0.118. The molecular weight excluding hydrogens is 256 g/mol. The van der Waals surface area contributed by atoms with Crippen LogP contribution >= 0.6 is 0 Å². The maximum Gasteiger partial charge on any atom is 0.235 e. The second kappa shape index (κ2) is 8.44. The number of sulfone groups is 1. The molecule has 0 aromatic rings. The van der Waals surface area contributed by atoms with Gasteiger partial charge in [0, 0.05) is 19.1 Å². The van der Waals surface area contributed by atoms with Gasteiger partial charge >= 0.3 is 0 Å². The number of aliphatic hydroxyl groups is 1. The average Bonchev–Trinajstić information content (AvgIpc) is 2.22. The molecule has 0 aliphatic carbocycles. The van der Waals surface area contributed by atoms with E-state index in [1.807, 2.05) is 20.8 Å². The normalized spacial score (nSPS) is 13.6. The molecule has 0 aromatic carbocycles. The van der Waals surface area contributed by atoms with E-state index in [2.05, 4.69) is 10.6 Å². The summed E-state index contributed by atoms with van der Waals surface area (Å²) in [7, 11) is -3.56. The van der Waals surface area contributed by atoms with Crippen LogP contribution in [-0.4, -0.2) is 56.2 Å². The minimum absolute atomic E-state index is 0.176. The Kier molecular flexibility index (Phi) is 8.13. The van der Waals surface area contributed by atoms with Crippen LogP contribution in [-0.2, 0) is 14.6 Å². The summed E-state index contributed by atoms with van der Waals surface area (Å²) in [5.74, 6) is -1.47. The predicted octanol–water partition coefficient (Wildman–Crippen LogP) is -0.714. The van der Waals surface area contributed by atoms with Crippen molar-refractivity contribution in [2.75, 3.05) is 24.6 Å². The molecule has 108 valence electrons. The van der Waals surface area contributed by atoms with Gasteiger partial charge in [-0.3, -0.25) is 4.79 Å². The molecule has 0 fully saturated rings. The molecule has 6 nitrogen and oxygen atoms in total. The Morgan fingerprint density at radius 2 is 1.94 bits per heavy atom. The van der Waals surface area contributed by atoms with Crippen LogP contribution in [0.1, 0.15) is 27.2 Å². The lowest BCUT2D eigenvalue weighted by Crippen LogP contribution is -2.39. The van der Waals surface area contributed by atoms with Crippen molar-refractivity contribution in [3.8, 4) is 0 Å². The van der Waals surface area contributed by atoms with Crippen molar-refractivity contribution in [2.45, 2.75) is 39.3 Å². The van der Waals surface area contributed by atoms with Gasteiger partial charge in [0.2, 0.25) is 5.91 Å². The largest absolute Gasteiger partial charge is 0.391 e. The van der Waals surface area contributed by atoms with Gasteiger partial charge in [-0.2, -0.15) is 0 Å². The van der Waals surface area contributed by atoms with Crippen molar-refractivity contribution in [1.82, 2.24) is 10.6 Å². The van der Waals surface area contributed by atoms with Crippen LogP contribution in [0.5, 0.6) is 0 Å². The fourth-order valence-corrected chi connectivity index (χ4v) is 2.62. The Hall–Kier alpha value is -0.660. The summed E-state index contributed by atoms with van der Waals surface area (Å²) < 4.78 is 23.2. The summed E-state index contributed by atoms with van der Waals surface area (Å²) in [5, 5.41) is 15.0. The second-order valence-corrected chi connectivity index (χ2v) is 6.73. The summed E-state index contributed by atoms with van der Waals surface area (Å²) in [6.07, 6.45) is -0.233. The number of amides is 1. The highest BCUT2D eigenvalue weighted by atomic mass is 32.2. The first kappa shape index (κ1) is 17.3. The molecule has 0 rings (SSSR count). The molecule has 0 aromatic heterocycles. The van der Waals surface area contributed by atoms with Gasteiger partial charge in [-0.05, 0) is 6.42 Å². The lowest BCUT2D eigenvalue weighted by Gasteiger charge is -2.14. The van der Waals surface area contributed by atoms with Crippen molar-refractivity contribution in [1.29, 1.82) is 0 Å². The van der Waals surface area contributed by atoms with Crippen molar-refractivity contribution in [3.05, 3.63) is 0 Å². The van der Waals surface area contributed by atoms with Crippen LogP contribution in [0.3, 0.4) is 0 Å². The number of aliphatic hydroxyl groups excluding tert-OH is 1. The van der Waals surface area contributed by atoms with E-state index in [4.69, 9.17) is 0 Å². The Bertz CT molecular complexity index is 341. The molecule has 1 amide bonds. The van der Waals surface area contributed by atoms with Crippen LogP contribution in [0, 0.1) is 0 Å². The third-order valence-corrected chi connectivity index (χ3v) is 3.73. The number of hydrogen-bond donors (Lipinski definition) is 3. The van der Waals surface area contributed by atoms with Crippen molar-refractivity contribution < 1.29 is 18.3 Å². The van der Waals surface area contributed by atoms with Gasteiger partial charge in [0.1, 0.15) is 5.75 Å². The third kappa shape index (κ3) is 9.38. The van der Waals surface area contributed by atoms with Gasteiger partial charge < -0.3 is 15.7 Å². The standard InChI is InChI=1S/C11H24N2O4S/c1-4-5-12-11(15)8-18(16,17)7-10(14)6-13-9(2)3/h9-10,13-14H,4-8H2,1-3H3,(H,12,15). The zero-order valence-electron chi connectivity index (χ0n) is 11.3. The van der Waals surface area contributed by atoms with E-state index < -0.39 is 33.4 Å². The van der Waals surface area contributed by atoms with Gasteiger partial charge in [-0.25, -0.2) is 8.42 Å². The summed E-state index contributed by atoms with van der Waals surface area (Å²) in [4.78, 5) is 11.3. The molecule has 0 saturated carbocycles. The van der Waals surface area contributed by atoms with Gasteiger partial charge in [-0.15, -0.1) is 0 Å². The Morgan fingerprint density at radius 1 is 1.33 bits per heavy atom. The van der Waals surface area contributed by atoms with E-state index >= 15 is 0 Å². The van der Waals surface area contributed by atoms with E-state index in [1.54, 1.807) is 0 Å². The van der Waals surface area contributed by atoms with Gasteiger partial charge in [-0.1, -0.05) is 20.8 Å². The Morgan fingerprint density at radius 3 is 2.44 bits per heavy atom. The minimum Gasteiger partial charge on any atom is -0.391 e. The number of hydrogen-bond acceptors (Lipinski definition) is 5. The summed E-state index contributed by atoms with van der Waals surface area (Å²) >= 11 is 0. The van der Waals surface area contributed by atoms with E-state index in [-0.39, 0.29) is 12.6 Å². The first-order valence-corrected chi connectivity index (χ1v) is 7.97. The van der Waals surface area contributed by atoms with Crippen LogP contribution < -0.4 is 10.6 Å². The van der Waals surface area contributed by atoms with Gasteiger partial charge in [0.25, 0.3) is 0 Å². The fourth-order valence-electron chi connectivity index (χ4n) is 1.30. The van der Waals surface area contributed by atoms with E-state index in [0.29, 0.717) is 6.54 Å². The summed E-state index contributed by atoms with van der Waals surface area (Å²) in [6, 6.07) is 0.176. The Balaban J connectivity index is 4.10. The highest BCUT2D eigenvalue weighted by molar-refractivity contribution is 7.92. The first-order chi connectivity index (χ1) is 8.26. The third-order valence-electron chi connectivity index (χ3n) is 2.13. The molecule has 1 unspecified atom stereocenters. The zero-order valence-corrected chi connectivity index (χ0v) is 12.1. The minimum atomic E-state index is -3.56. The maximum absolute atomic E-state index is 11.6. The molecule has 0 spiro atoms. The van der Waals surface area contributed by atoms with Crippen molar-refractivity contribution in [2.24, 2.45) is 0 Å². The highest BCUT2D eigenvalue weighted by Crippen LogP contribution is 1.96. The van der Waals surface area contributed by atoms with E-state index in [9.17, 15) is 18.3 Å². The fraction of sp³-hybridized carbons (Fsp3) is 0.909. The highest BCUT2D eigenvalue weighted by Gasteiger charge is 2.20. The molecule has 0 aliphatic heterocycles. The summed E-state index contributed by atoms with van der Waals surface area (Å²) in [6.45, 7) is 6.36. The van der Waals surface area contributed by atoms with Crippen molar-refractivity contribution in [3.63, 3.8) is 0 Å². The predicted molar refractivity (Wildman–Crippen MR) is 71.1 cm³/mol.